The third-order valence-electron chi connectivity index (χ3n) is 4.57. The van der Waals surface area contributed by atoms with Gasteiger partial charge >= 0.3 is 0 Å². The highest BCUT2D eigenvalue weighted by Gasteiger charge is 2.10. The average Bonchev–Trinajstić information content (AvgIpc) is 2.71. The van der Waals surface area contributed by atoms with Gasteiger partial charge < -0.3 is 20.3 Å². The van der Waals surface area contributed by atoms with Gasteiger partial charge in [0.1, 0.15) is 5.75 Å². The molecule has 1 amide bonds. The second-order valence-corrected chi connectivity index (χ2v) is 7.62. The van der Waals surface area contributed by atoms with Gasteiger partial charge in [-0.2, -0.15) is 0 Å². The normalized spacial score (nSPS) is 11.0. The molecule has 0 aliphatic rings. The monoisotopic (exact) mass is 538 g/mol. The maximum Gasteiger partial charge on any atom is 0.224 e. The van der Waals surface area contributed by atoms with Crippen LogP contribution in [0.2, 0.25) is 0 Å². The lowest BCUT2D eigenvalue weighted by Crippen LogP contribution is -2.39. The molecule has 0 saturated heterocycles. The summed E-state index contributed by atoms with van der Waals surface area (Å²) in [4.78, 5) is 18.4. The molecule has 0 radical (unpaired) electrons. The zero-order chi connectivity index (χ0) is 21.9. The Kier molecular flexibility index (Phi) is 12.0. The van der Waals surface area contributed by atoms with Crippen LogP contribution in [-0.2, 0) is 17.9 Å². The Bertz CT molecular complexity index is 841. The van der Waals surface area contributed by atoms with Gasteiger partial charge in [-0.25, -0.2) is 0 Å². The van der Waals surface area contributed by atoms with Crippen LogP contribution in [0.1, 0.15) is 37.0 Å². The molecular weight excluding hydrogens is 503 g/mol. The van der Waals surface area contributed by atoms with E-state index in [1.807, 2.05) is 51.2 Å². The third-order valence-corrected chi connectivity index (χ3v) is 4.57. The van der Waals surface area contributed by atoms with Crippen LogP contribution in [0.4, 0.5) is 0 Å². The summed E-state index contributed by atoms with van der Waals surface area (Å²) in [5.74, 6) is 1.63. The number of rotatable bonds is 9. The van der Waals surface area contributed by atoms with Crippen molar-refractivity contribution >= 4 is 35.8 Å². The van der Waals surface area contributed by atoms with Crippen molar-refractivity contribution in [3.05, 3.63) is 65.2 Å². The summed E-state index contributed by atoms with van der Waals surface area (Å²) in [7, 11) is 3.55. The van der Waals surface area contributed by atoms with Gasteiger partial charge in [-0.1, -0.05) is 42.5 Å². The molecule has 2 aromatic carbocycles. The molecule has 0 unspecified atom stereocenters. The van der Waals surface area contributed by atoms with Gasteiger partial charge in [-0.3, -0.25) is 9.79 Å². The minimum atomic E-state index is 0. The molecule has 7 heteroatoms. The van der Waals surface area contributed by atoms with Crippen LogP contribution >= 0.6 is 24.0 Å². The number of halogens is 1. The van der Waals surface area contributed by atoms with Crippen LogP contribution < -0.4 is 15.4 Å². The first kappa shape index (κ1) is 26.7. The number of amides is 1. The largest absolute Gasteiger partial charge is 0.491 e. The Balaban J connectivity index is 0.00000480. The predicted molar refractivity (Wildman–Crippen MR) is 138 cm³/mol. The fourth-order valence-corrected chi connectivity index (χ4v) is 3.00. The SMILES string of the molecule is CN=C(NCCC(=O)N(C)Cc1ccccc1)NCc1ccc(C)cc1OC(C)C.I. The summed E-state index contributed by atoms with van der Waals surface area (Å²) < 4.78 is 5.93. The van der Waals surface area contributed by atoms with Crippen LogP contribution in [0, 0.1) is 6.92 Å². The smallest absolute Gasteiger partial charge is 0.224 e. The molecule has 0 aromatic heterocycles. The number of carbonyl (C=O) groups excluding carboxylic acids is 1. The summed E-state index contributed by atoms with van der Waals surface area (Å²) >= 11 is 0. The molecule has 31 heavy (non-hydrogen) atoms. The van der Waals surface area contributed by atoms with E-state index in [9.17, 15) is 4.79 Å². The van der Waals surface area contributed by atoms with Crippen molar-refractivity contribution < 1.29 is 9.53 Å². The first-order valence-corrected chi connectivity index (χ1v) is 10.4. The average molecular weight is 538 g/mol. The number of nitrogens with one attached hydrogen (secondary N) is 2. The van der Waals surface area contributed by atoms with Gasteiger partial charge in [0, 0.05) is 45.7 Å². The van der Waals surface area contributed by atoms with Gasteiger partial charge in [0.15, 0.2) is 5.96 Å². The summed E-state index contributed by atoms with van der Waals surface area (Å²) in [5, 5.41) is 6.51. The molecule has 0 heterocycles. The van der Waals surface area contributed by atoms with Crippen LogP contribution in [-0.4, -0.2) is 43.5 Å². The molecule has 2 rings (SSSR count). The summed E-state index contributed by atoms with van der Waals surface area (Å²) in [5.41, 5.74) is 3.35. The third kappa shape index (κ3) is 9.59. The second-order valence-electron chi connectivity index (χ2n) is 7.62. The Morgan fingerprint density at radius 2 is 1.84 bits per heavy atom. The number of guanidine groups is 1. The van der Waals surface area contributed by atoms with Crippen molar-refractivity contribution in [2.45, 2.75) is 46.4 Å². The molecule has 0 saturated carbocycles. The van der Waals surface area contributed by atoms with Crippen LogP contribution in [0.25, 0.3) is 0 Å². The molecule has 0 atom stereocenters. The minimum Gasteiger partial charge on any atom is -0.491 e. The van der Waals surface area contributed by atoms with Gasteiger partial charge in [0.25, 0.3) is 0 Å². The number of aliphatic imine (C=N–C) groups is 1. The molecule has 0 aliphatic heterocycles. The fraction of sp³-hybridized carbons (Fsp3) is 0.417. The number of ether oxygens (including phenoxy) is 1. The lowest BCUT2D eigenvalue weighted by molar-refractivity contribution is -0.130. The zero-order valence-electron chi connectivity index (χ0n) is 19.1. The number of aryl methyl sites for hydroxylation is 1. The van der Waals surface area contributed by atoms with Crippen molar-refractivity contribution in [3.63, 3.8) is 0 Å². The standard InChI is InChI=1S/C24H34N4O2.HI/c1-18(2)30-22-15-19(3)11-12-21(22)16-27-24(25-4)26-14-13-23(29)28(5)17-20-9-7-6-8-10-20;/h6-12,15,18H,13-14,16-17H2,1-5H3,(H2,25,26,27);1H. The van der Waals surface area contributed by atoms with Gasteiger partial charge in [0.05, 0.1) is 6.10 Å². The quantitative estimate of drug-likeness (QED) is 0.287. The second kappa shape index (κ2) is 13.9. The van der Waals surface area contributed by atoms with Crippen LogP contribution in [0.3, 0.4) is 0 Å². The Hall–Kier alpha value is -2.29. The molecule has 0 aliphatic carbocycles. The molecule has 6 nitrogen and oxygen atoms in total. The van der Waals surface area contributed by atoms with Crippen molar-refractivity contribution in [2.75, 3.05) is 20.6 Å². The summed E-state index contributed by atoms with van der Waals surface area (Å²) in [6.07, 6.45) is 0.512. The highest BCUT2D eigenvalue weighted by Crippen LogP contribution is 2.21. The minimum absolute atomic E-state index is 0. The molecular formula is C24H35IN4O2. The van der Waals surface area contributed by atoms with E-state index in [2.05, 4.69) is 40.7 Å². The molecule has 2 aromatic rings. The Labute approximate surface area is 203 Å². The van der Waals surface area contributed by atoms with E-state index in [1.165, 1.54) is 0 Å². The van der Waals surface area contributed by atoms with E-state index in [0.717, 1.165) is 22.4 Å². The lowest BCUT2D eigenvalue weighted by Gasteiger charge is -2.19. The molecule has 0 spiro atoms. The molecule has 170 valence electrons. The lowest BCUT2D eigenvalue weighted by atomic mass is 10.1. The predicted octanol–water partition coefficient (Wildman–Crippen LogP) is 4.11. The van der Waals surface area contributed by atoms with Crippen LogP contribution in [0.5, 0.6) is 5.75 Å². The maximum absolute atomic E-state index is 12.4. The molecule has 0 fully saturated rings. The number of carbonyl (C=O) groups is 1. The van der Waals surface area contributed by atoms with E-state index in [0.29, 0.717) is 32.0 Å². The summed E-state index contributed by atoms with van der Waals surface area (Å²) in [6.45, 7) is 7.80. The fourth-order valence-electron chi connectivity index (χ4n) is 3.00. The molecule has 0 bridgehead atoms. The highest BCUT2D eigenvalue weighted by molar-refractivity contribution is 14.0. The van der Waals surface area contributed by atoms with Crippen molar-refractivity contribution in [1.29, 1.82) is 0 Å². The van der Waals surface area contributed by atoms with Gasteiger partial charge in [-0.15, -0.1) is 24.0 Å². The van der Waals surface area contributed by atoms with Crippen molar-refractivity contribution in [2.24, 2.45) is 4.99 Å². The first-order chi connectivity index (χ1) is 14.4. The van der Waals surface area contributed by atoms with Crippen molar-refractivity contribution in [3.8, 4) is 5.75 Å². The van der Waals surface area contributed by atoms with Crippen LogP contribution in [0.15, 0.2) is 53.5 Å². The zero-order valence-corrected chi connectivity index (χ0v) is 21.5. The van der Waals surface area contributed by atoms with E-state index in [1.54, 1.807) is 11.9 Å². The number of hydrogen-bond acceptors (Lipinski definition) is 3. The topological polar surface area (TPSA) is 66.0 Å². The van der Waals surface area contributed by atoms with E-state index >= 15 is 0 Å². The Morgan fingerprint density at radius 3 is 2.48 bits per heavy atom. The van der Waals surface area contributed by atoms with E-state index in [4.69, 9.17) is 4.74 Å². The number of hydrogen-bond donors (Lipinski definition) is 2. The number of benzene rings is 2. The summed E-state index contributed by atoms with van der Waals surface area (Å²) in [6, 6.07) is 16.2. The van der Waals surface area contributed by atoms with Gasteiger partial charge in [-0.05, 0) is 38.0 Å². The van der Waals surface area contributed by atoms with Crippen molar-refractivity contribution in [1.82, 2.24) is 15.5 Å². The number of nitrogens with zero attached hydrogens (tertiary/aromatic N) is 2. The first-order valence-electron chi connectivity index (χ1n) is 10.4. The van der Waals surface area contributed by atoms with E-state index in [-0.39, 0.29) is 36.0 Å². The Morgan fingerprint density at radius 1 is 1.13 bits per heavy atom. The van der Waals surface area contributed by atoms with Gasteiger partial charge in [0.2, 0.25) is 5.91 Å². The van der Waals surface area contributed by atoms with E-state index < -0.39 is 0 Å². The molecule has 2 N–H and O–H groups in total. The highest BCUT2D eigenvalue weighted by atomic mass is 127. The maximum atomic E-state index is 12.4.